The molecule has 1 unspecified atom stereocenters. The van der Waals surface area contributed by atoms with Crippen molar-refractivity contribution in [2.24, 2.45) is 0 Å². The molecule has 0 aliphatic heterocycles. The third kappa shape index (κ3) is 7.13. The molecule has 1 N–H and O–H groups in total. The number of hydrogen-bond acceptors (Lipinski definition) is 4. The molecular weight excluding hydrogens is 440 g/mol. The highest BCUT2D eigenvalue weighted by atomic mass is 35.5. The molecule has 0 saturated heterocycles. The van der Waals surface area contributed by atoms with E-state index in [1.807, 2.05) is 31.2 Å². The Kier molecular flexibility index (Phi) is 9.01. The number of ether oxygens (including phenoxy) is 2. The van der Waals surface area contributed by atoms with Crippen LogP contribution in [0, 0.1) is 6.92 Å². The number of benzene rings is 2. The maximum Gasteiger partial charge on any atom is 0.261 e. The van der Waals surface area contributed by atoms with Gasteiger partial charge in [0.05, 0.1) is 7.11 Å². The van der Waals surface area contributed by atoms with Crippen LogP contribution in [0.1, 0.15) is 50.2 Å². The van der Waals surface area contributed by atoms with Crippen LogP contribution in [0.25, 0.3) is 0 Å². The Morgan fingerprint density at radius 2 is 1.76 bits per heavy atom. The maximum absolute atomic E-state index is 13.2. The van der Waals surface area contributed by atoms with E-state index >= 15 is 0 Å². The minimum absolute atomic E-state index is 0.133. The van der Waals surface area contributed by atoms with Crippen LogP contribution in [0.2, 0.25) is 5.02 Å². The maximum atomic E-state index is 13.2. The number of amides is 2. The minimum Gasteiger partial charge on any atom is -0.497 e. The van der Waals surface area contributed by atoms with Crippen LogP contribution in [-0.4, -0.2) is 42.5 Å². The number of rotatable bonds is 9. The molecule has 1 aliphatic carbocycles. The molecular formula is C26H33ClN2O4. The molecule has 178 valence electrons. The van der Waals surface area contributed by atoms with E-state index in [0.717, 1.165) is 42.6 Å². The monoisotopic (exact) mass is 472 g/mol. The van der Waals surface area contributed by atoms with Gasteiger partial charge in [0.25, 0.3) is 5.91 Å². The van der Waals surface area contributed by atoms with Gasteiger partial charge in [0.2, 0.25) is 5.91 Å². The van der Waals surface area contributed by atoms with Crippen molar-refractivity contribution in [1.29, 1.82) is 0 Å². The first-order chi connectivity index (χ1) is 15.9. The van der Waals surface area contributed by atoms with Crippen LogP contribution in [0.5, 0.6) is 11.5 Å². The lowest BCUT2D eigenvalue weighted by atomic mass is 9.95. The van der Waals surface area contributed by atoms with Gasteiger partial charge in [-0.05, 0) is 68.1 Å². The molecule has 7 heteroatoms. The van der Waals surface area contributed by atoms with Gasteiger partial charge in [0.1, 0.15) is 17.5 Å². The number of hydrogen-bond donors (Lipinski definition) is 1. The van der Waals surface area contributed by atoms with Crippen LogP contribution in [0.4, 0.5) is 0 Å². The second kappa shape index (κ2) is 11.9. The summed E-state index contributed by atoms with van der Waals surface area (Å²) in [6.45, 7) is 3.78. The summed E-state index contributed by atoms with van der Waals surface area (Å²) in [6, 6.07) is 12.3. The summed E-state index contributed by atoms with van der Waals surface area (Å²) < 4.78 is 11.0. The fourth-order valence-electron chi connectivity index (χ4n) is 4.01. The topological polar surface area (TPSA) is 67.9 Å². The van der Waals surface area contributed by atoms with Gasteiger partial charge in [-0.2, -0.15) is 0 Å². The third-order valence-corrected chi connectivity index (χ3v) is 6.55. The molecule has 1 fully saturated rings. The lowest BCUT2D eigenvalue weighted by molar-refractivity contribution is -0.142. The van der Waals surface area contributed by atoms with Gasteiger partial charge < -0.3 is 19.7 Å². The van der Waals surface area contributed by atoms with E-state index in [1.165, 1.54) is 6.42 Å². The smallest absolute Gasteiger partial charge is 0.261 e. The first-order valence-corrected chi connectivity index (χ1v) is 11.9. The summed E-state index contributed by atoms with van der Waals surface area (Å²) in [4.78, 5) is 27.8. The van der Waals surface area contributed by atoms with E-state index in [9.17, 15) is 9.59 Å². The van der Waals surface area contributed by atoms with Gasteiger partial charge in [-0.25, -0.2) is 0 Å². The number of carbonyl (C=O) groups is 2. The predicted molar refractivity (Wildman–Crippen MR) is 130 cm³/mol. The molecule has 2 aromatic carbocycles. The minimum atomic E-state index is -0.628. The van der Waals surface area contributed by atoms with Crippen LogP contribution in [0.15, 0.2) is 42.5 Å². The summed E-state index contributed by atoms with van der Waals surface area (Å²) in [7, 11) is 1.61. The van der Waals surface area contributed by atoms with Crippen LogP contribution in [-0.2, 0) is 16.1 Å². The molecule has 6 nitrogen and oxygen atoms in total. The molecule has 2 amide bonds. The molecule has 0 spiro atoms. The second-order valence-electron chi connectivity index (χ2n) is 8.59. The molecule has 1 saturated carbocycles. The Morgan fingerprint density at radius 3 is 2.39 bits per heavy atom. The normalized spacial score (nSPS) is 14.9. The van der Waals surface area contributed by atoms with Crippen molar-refractivity contribution < 1.29 is 19.1 Å². The molecule has 2 aromatic rings. The Morgan fingerprint density at radius 1 is 1.09 bits per heavy atom. The first kappa shape index (κ1) is 24.9. The Labute approximate surface area is 201 Å². The highest BCUT2D eigenvalue weighted by Crippen LogP contribution is 2.22. The van der Waals surface area contributed by atoms with Gasteiger partial charge in [-0.1, -0.05) is 43.0 Å². The van der Waals surface area contributed by atoms with E-state index in [-0.39, 0.29) is 24.5 Å². The number of halogens is 1. The average molecular weight is 473 g/mol. The average Bonchev–Trinajstić information content (AvgIpc) is 2.83. The Balaban J connectivity index is 1.71. The zero-order valence-electron chi connectivity index (χ0n) is 19.6. The SMILES string of the molecule is COc1ccc(CN(C(=O)COc2ccc(Cl)c(C)c2)C(C)C(=O)NC2CCCCC2)cc1. The summed E-state index contributed by atoms with van der Waals surface area (Å²) in [5, 5.41) is 3.78. The zero-order valence-corrected chi connectivity index (χ0v) is 20.4. The summed E-state index contributed by atoms with van der Waals surface area (Å²) in [5.41, 5.74) is 1.78. The van der Waals surface area contributed by atoms with Gasteiger partial charge in [-0.3, -0.25) is 9.59 Å². The fraction of sp³-hybridized carbons (Fsp3) is 0.462. The molecule has 0 heterocycles. The predicted octanol–water partition coefficient (Wildman–Crippen LogP) is 4.90. The highest BCUT2D eigenvalue weighted by Gasteiger charge is 2.28. The van der Waals surface area contributed by atoms with E-state index in [4.69, 9.17) is 21.1 Å². The molecule has 0 aromatic heterocycles. The standard InChI is InChI=1S/C26H33ClN2O4/c1-18-15-23(13-14-24(18)27)33-17-25(30)29(16-20-9-11-22(32-3)12-10-20)19(2)26(31)28-21-7-5-4-6-8-21/h9-15,19,21H,4-8,16-17H2,1-3H3,(H,28,31). The zero-order chi connectivity index (χ0) is 23.8. The fourth-order valence-corrected chi connectivity index (χ4v) is 4.13. The molecule has 1 atom stereocenters. The number of aryl methyl sites for hydroxylation is 1. The van der Waals surface area contributed by atoms with Crippen molar-refractivity contribution in [3.8, 4) is 11.5 Å². The molecule has 33 heavy (non-hydrogen) atoms. The first-order valence-electron chi connectivity index (χ1n) is 11.5. The third-order valence-electron chi connectivity index (χ3n) is 6.12. The largest absolute Gasteiger partial charge is 0.497 e. The molecule has 0 radical (unpaired) electrons. The highest BCUT2D eigenvalue weighted by molar-refractivity contribution is 6.31. The second-order valence-corrected chi connectivity index (χ2v) is 9.00. The summed E-state index contributed by atoms with van der Waals surface area (Å²) in [6.07, 6.45) is 5.45. The number of nitrogens with zero attached hydrogens (tertiary/aromatic N) is 1. The Hall–Kier alpha value is -2.73. The summed E-state index contributed by atoms with van der Waals surface area (Å²) >= 11 is 6.08. The van der Waals surface area contributed by atoms with E-state index in [1.54, 1.807) is 37.1 Å². The lowest BCUT2D eigenvalue weighted by Gasteiger charge is -2.31. The van der Waals surface area contributed by atoms with Crippen LogP contribution < -0.4 is 14.8 Å². The van der Waals surface area contributed by atoms with Crippen LogP contribution in [0.3, 0.4) is 0 Å². The van der Waals surface area contributed by atoms with Gasteiger partial charge in [0, 0.05) is 17.6 Å². The number of methoxy groups -OCH3 is 1. The molecule has 3 rings (SSSR count). The summed E-state index contributed by atoms with van der Waals surface area (Å²) in [5.74, 6) is 0.908. The van der Waals surface area contributed by atoms with Gasteiger partial charge in [0.15, 0.2) is 6.61 Å². The van der Waals surface area contributed by atoms with Gasteiger partial charge in [-0.15, -0.1) is 0 Å². The van der Waals surface area contributed by atoms with Gasteiger partial charge >= 0.3 is 0 Å². The molecule has 0 bridgehead atoms. The Bertz CT molecular complexity index is 942. The van der Waals surface area contributed by atoms with Crippen LogP contribution >= 0.6 is 11.6 Å². The number of nitrogens with one attached hydrogen (secondary N) is 1. The molecule has 1 aliphatic rings. The van der Waals surface area contributed by atoms with E-state index < -0.39 is 6.04 Å². The number of carbonyl (C=O) groups excluding carboxylic acids is 2. The van der Waals surface area contributed by atoms with Crippen molar-refractivity contribution >= 4 is 23.4 Å². The van der Waals surface area contributed by atoms with Crippen molar-refractivity contribution in [2.45, 2.75) is 64.6 Å². The van der Waals surface area contributed by atoms with E-state index in [2.05, 4.69) is 5.32 Å². The lowest BCUT2D eigenvalue weighted by Crippen LogP contribution is -2.51. The van der Waals surface area contributed by atoms with Crippen molar-refractivity contribution in [1.82, 2.24) is 10.2 Å². The van der Waals surface area contributed by atoms with Crippen molar-refractivity contribution in [3.05, 3.63) is 58.6 Å². The quantitative estimate of drug-likeness (QED) is 0.563. The van der Waals surface area contributed by atoms with Crippen molar-refractivity contribution in [3.63, 3.8) is 0 Å². The van der Waals surface area contributed by atoms with E-state index in [0.29, 0.717) is 17.3 Å². The van der Waals surface area contributed by atoms with Crippen molar-refractivity contribution in [2.75, 3.05) is 13.7 Å².